The Morgan fingerprint density at radius 2 is 1.81 bits per heavy atom. The van der Waals surface area contributed by atoms with Gasteiger partial charge in [-0.25, -0.2) is 0 Å². The molecule has 0 radical (unpaired) electrons. The van der Waals surface area contributed by atoms with Gasteiger partial charge < -0.3 is 14.3 Å². The van der Waals surface area contributed by atoms with Crippen LogP contribution in [0.3, 0.4) is 0 Å². The van der Waals surface area contributed by atoms with Crippen molar-refractivity contribution in [2.45, 2.75) is 20.4 Å². The molecule has 0 bridgehead atoms. The lowest BCUT2D eigenvalue weighted by Gasteiger charge is -2.06. The summed E-state index contributed by atoms with van der Waals surface area (Å²) in [6.07, 6.45) is 3.53. The van der Waals surface area contributed by atoms with Crippen LogP contribution in [0.1, 0.15) is 27.2 Å². The highest BCUT2D eigenvalue weighted by Gasteiger charge is 2.15. The van der Waals surface area contributed by atoms with E-state index in [2.05, 4.69) is 47.1 Å². The van der Waals surface area contributed by atoms with Crippen molar-refractivity contribution >= 4 is 22.5 Å². The molecule has 0 spiro atoms. The Balaban J connectivity index is 1.68. The molecule has 0 aliphatic rings. The first kappa shape index (κ1) is 16.2. The third-order valence-corrected chi connectivity index (χ3v) is 4.61. The number of furan rings is 1. The molecule has 4 nitrogen and oxygen atoms in total. The van der Waals surface area contributed by atoms with Gasteiger partial charge in [-0.3, -0.25) is 4.79 Å². The fourth-order valence-corrected chi connectivity index (χ4v) is 3.18. The maximum absolute atomic E-state index is 12.6. The van der Waals surface area contributed by atoms with E-state index < -0.39 is 0 Å². The lowest BCUT2D eigenvalue weighted by molar-refractivity contribution is 0.102. The zero-order valence-corrected chi connectivity index (χ0v) is 14.8. The maximum Gasteiger partial charge on any atom is 0.259 e. The van der Waals surface area contributed by atoms with Gasteiger partial charge >= 0.3 is 0 Å². The van der Waals surface area contributed by atoms with Crippen LogP contribution in [0, 0.1) is 13.8 Å². The van der Waals surface area contributed by atoms with Crippen LogP contribution < -0.4 is 5.32 Å². The van der Waals surface area contributed by atoms with Crippen molar-refractivity contribution in [3.05, 3.63) is 89.5 Å². The Kier molecular flexibility index (Phi) is 4.09. The molecule has 4 heteroatoms. The number of aromatic nitrogens is 1. The number of para-hydroxylation sites is 1. The molecule has 0 atom stereocenters. The van der Waals surface area contributed by atoms with Crippen LogP contribution in [-0.4, -0.2) is 10.5 Å². The molecule has 0 saturated heterocycles. The second-order valence-corrected chi connectivity index (χ2v) is 6.52. The van der Waals surface area contributed by atoms with E-state index in [1.807, 2.05) is 24.4 Å². The van der Waals surface area contributed by atoms with Crippen molar-refractivity contribution < 1.29 is 9.21 Å². The number of aryl methyl sites for hydroxylation is 2. The van der Waals surface area contributed by atoms with Crippen molar-refractivity contribution in [3.8, 4) is 0 Å². The number of benzene rings is 2. The fourth-order valence-electron chi connectivity index (χ4n) is 3.18. The summed E-state index contributed by atoms with van der Waals surface area (Å²) in [6.45, 7) is 4.62. The number of rotatable bonds is 4. The molecule has 2 heterocycles. The van der Waals surface area contributed by atoms with E-state index in [1.54, 1.807) is 13.0 Å². The zero-order chi connectivity index (χ0) is 18.1. The number of hydrogen-bond donors (Lipinski definition) is 1. The first-order valence-corrected chi connectivity index (χ1v) is 8.60. The van der Waals surface area contributed by atoms with Gasteiger partial charge in [-0.1, -0.05) is 48.0 Å². The van der Waals surface area contributed by atoms with Gasteiger partial charge in [0.25, 0.3) is 5.91 Å². The van der Waals surface area contributed by atoms with Crippen molar-refractivity contribution in [3.63, 3.8) is 0 Å². The van der Waals surface area contributed by atoms with Crippen molar-refractivity contribution in [1.29, 1.82) is 0 Å². The standard InChI is InChI=1S/C22H20N2O2/c1-15-7-9-17(10-8-15)13-24-14-20(19-5-3-4-6-21(19)24)23-22(25)18-11-12-26-16(18)2/h3-12,14H,13H2,1-2H3,(H,23,25). The van der Waals surface area contributed by atoms with E-state index in [0.717, 1.165) is 23.1 Å². The Morgan fingerprint density at radius 1 is 1.04 bits per heavy atom. The predicted octanol–water partition coefficient (Wildman–Crippen LogP) is 5.15. The number of carbonyl (C=O) groups is 1. The second kappa shape index (κ2) is 6.56. The summed E-state index contributed by atoms with van der Waals surface area (Å²) >= 11 is 0. The molecule has 0 unspecified atom stereocenters. The summed E-state index contributed by atoms with van der Waals surface area (Å²) in [6, 6.07) is 18.3. The van der Waals surface area contributed by atoms with Crippen LogP contribution >= 0.6 is 0 Å². The summed E-state index contributed by atoms with van der Waals surface area (Å²) in [4.78, 5) is 12.6. The van der Waals surface area contributed by atoms with Crippen LogP contribution in [0.5, 0.6) is 0 Å². The number of nitrogens with one attached hydrogen (secondary N) is 1. The number of nitrogens with zero attached hydrogens (tertiary/aromatic N) is 1. The largest absolute Gasteiger partial charge is 0.469 e. The lowest BCUT2D eigenvalue weighted by Crippen LogP contribution is -2.11. The first-order chi connectivity index (χ1) is 12.6. The minimum atomic E-state index is -0.158. The van der Waals surface area contributed by atoms with Gasteiger partial charge in [-0.05, 0) is 31.5 Å². The van der Waals surface area contributed by atoms with Gasteiger partial charge in [0.2, 0.25) is 0 Å². The van der Waals surface area contributed by atoms with Gasteiger partial charge in [-0.15, -0.1) is 0 Å². The number of fused-ring (bicyclic) bond motifs is 1. The third kappa shape index (κ3) is 3.02. The second-order valence-electron chi connectivity index (χ2n) is 6.52. The van der Waals surface area contributed by atoms with Crippen LogP contribution in [0.4, 0.5) is 5.69 Å². The molecule has 0 fully saturated rings. The molecule has 26 heavy (non-hydrogen) atoms. The lowest BCUT2D eigenvalue weighted by atomic mass is 10.1. The molecule has 0 saturated carbocycles. The minimum Gasteiger partial charge on any atom is -0.469 e. The van der Waals surface area contributed by atoms with Crippen LogP contribution in [0.25, 0.3) is 10.9 Å². The van der Waals surface area contributed by atoms with Crippen molar-refractivity contribution in [2.75, 3.05) is 5.32 Å². The molecular formula is C22H20N2O2. The summed E-state index contributed by atoms with van der Waals surface area (Å²) in [5.41, 5.74) is 4.92. The fraction of sp³-hybridized carbons (Fsp3) is 0.136. The number of hydrogen-bond acceptors (Lipinski definition) is 2. The molecule has 1 N–H and O–H groups in total. The summed E-state index contributed by atoms with van der Waals surface area (Å²) in [7, 11) is 0. The van der Waals surface area contributed by atoms with Gasteiger partial charge in [0.05, 0.1) is 23.0 Å². The molecule has 2 aromatic carbocycles. The molecule has 1 amide bonds. The van der Waals surface area contributed by atoms with Crippen molar-refractivity contribution in [2.24, 2.45) is 0 Å². The molecule has 0 aliphatic carbocycles. The highest BCUT2D eigenvalue weighted by Crippen LogP contribution is 2.27. The van der Waals surface area contributed by atoms with Crippen LogP contribution in [0.15, 0.2) is 71.5 Å². The zero-order valence-electron chi connectivity index (χ0n) is 14.8. The van der Waals surface area contributed by atoms with E-state index in [1.165, 1.54) is 17.4 Å². The average molecular weight is 344 g/mol. The highest BCUT2D eigenvalue weighted by molar-refractivity contribution is 6.09. The van der Waals surface area contributed by atoms with Gasteiger partial charge in [0.1, 0.15) is 5.76 Å². The van der Waals surface area contributed by atoms with Crippen molar-refractivity contribution in [1.82, 2.24) is 4.57 Å². The molecule has 130 valence electrons. The predicted molar refractivity (Wildman–Crippen MR) is 104 cm³/mol. The maximum atomic E-state index is 12.6. The Labute approximate surface area is 152 Å². The van der Waals surface area contributed by atoms with Crippen LogP contribution in [0.2, 0.25) is 0 Å². The number of carbonyl (C=O) groups excluding carboxylic acids is 1. The van der Waals surface area contributed by atoms with Gasteiger partial charge in [0, 0.05) is 18.1 Å². The van der Waals surface area contributed by atoms with E-state index in [4.69, 9.17) is 4.42 Å². The number of amides is 1. The van der Waals surface area contributed by atoms with E-state index >= 15 is 0 Å². The van der Waals surface area contributed by atoms with Gasteiger partial charge in [-0.2, -0.15) is 0 Å². The topological polar surface area (TPSA) is 47.2 Å². The minimum absolute atomic E-state index is 0.158. The summed E-state index contributed by atoms with van der Waals surface area (Å²) in [5.74, 6) is 0.459. The summed E-state index contributed by atoms with van der Waals surface area (Å²) in [5, 5.41) is 4.05. The molecule has 4 rings (SSSR count). The Morgan fingerprint density at radius 3 is 2.54 bits per heavy atom. The monoisotopic (exact) mass is 344 g/mol. The smallest absolute Gasteiger partial charge is 0.259 e. The summed E-state index contributed by atoms with van der Waals surface area (Å²) < 4.78 is 7.40. The first-order valence-electron chi connectivity index (χ1n) is 8.60. The Hall–Kier alpha value is -3.27. The van der Waals surface area contributed by atoms with E-state index in [9.17, 15) is 4.79 Å². The quantitative estimate of drug-likeness (QED) is 0.556. The van der Waals surface area contributed by atoms with Crippen LogP contribution in [-0.2, 0) is 6.54 Å². The Bertz CT molecular complexity index is 1070. The van der Waals surface area contributed by atoms with Gasteiger partial charge in [0.15, 0.2) is 0 Å². The highest BCUT2D eigenvalue weighted by atomic mass is 16.3. The molecular weight excluding hydrogens is 324 g/mol. The van der Waals surface area contributed by atoms with E-state index in [0.29, 0.717) is 11.3 Å². The molecule has 0 aliphatic heterocycles. The van der Waals surface area contributed by atoms with E-state index in [-0.39, 0.29) is 5.91 Å². The normalized spacial score (nSPS) is 11.0. The molecule has 2 aromatic heterocycles. The number of anilines is 1. The third-order valence-electron chi connectivity index (χ3n) is 4.61. The SMILES string of the molecule is Cc1ccc(Cn2cc(NC(=O)c3ccoc3C)c3ccccc32)cc1. The molecule has 4 aromatic rings. The average Bonchev–Trinajstić information content (AvgIpc) is 3.22.